The summed E-state index contributed by atoms with van der Waals surface area (Å²) >= 11 is 0. The van der Waals surface area contributed by atoms with Gasteiger partial charge in [-0.3, -0.25) is 25.2 Å². The number of methoxy groups -OCH3 is 2. The minimum absolute atomic E-state index is 0.0592. The standard InChI is InChI=1S/C30H29N3O11/c1-4-23(34)31-20-13-11-17(12-14-20)26(35)32-33-27(36)24(43-29(39)18-7-5-9-21(15-18)41-2)25(28(37)38)44-30(40)19-8-6-10-22(16-19)42-3/h5-16,24-25H,4H2,1-3H3,(H,31,34)(H,32,35)(H,33,36)(H,37,38)/t24-,25+/m0/s1. The van der Waals surface area contributed by atoms with Crippen LogP contribution >= 0.6 is 0 Å². The van der Waals surface area contributed by atoms with E-state index in [0.717, 1.165) is 0 Å². The van der Waals surface area contributed by atoms with Gasteiger partial charge in [-0.25, -0.2) is 14.4 Å². The summed E-state index contributed by atoms with van der Waals surface area (Å²) in [6.45, 7) is 1.68. The van der Waals surface area contributed by atoms with Gasteiger partial charge in [0.1, 0.15) is 11.5 Å². The summed E-state index contributed by atoms with van der Waals surface area (Å²) in [5, 5.41) is 12.5. The number of nitrogens with one attached hydrogen (secondary N) is 3. The monoisotopic (exact) mass is 607 g/mol. The van der Waals surface area contributed by atoms with Crippen molar-refractivity contribution < 1.29 is 52.8 Å². The van der Waals surface area contributed by atoms with Crippen LogP contribution in [0.15, 0.2) is 72.8 Å². The molecule has 3 amide bonds. The quantitative estimate of drug-likeness (QED) is 0.174. The van der Waals surface area contributed by atoms with Crippen molar-refractivity contribution in [3.05, 3.63) is 89.5 Å². The maximum absolute atomic E-state index is 13.2. The van der Waals surface area contributed by atoms with Crippen molar-refractivity contribution in [1.29, 1.82) is 0 Å². The molecule has 2 atom stereocenters. The summed E-state index contributed by atoms with van der Waals surface area (Å²) in [6.07, 6.45) is -4.36. The number of esters is 2. The van der Waals surface area contributed by atoms with E-state index in [1.165, 1.54) is 87.0 Å². The van der Waals surface area contributed by atoms with Gasteiger partial charge >= 0.3 is 17.9 Å². The first-order valence-corrected chi connectivity index (χ1v) is 13.0. The van der Waals surface area contributed by atoms with Gasteiger partial charge in [0.2, 0.25) is 18.1 Å². The molecule has 0 bridgehead atoms. The lowest BCUT2D eigenvalue weighted by molar-refractivity contribution is -0.159. The fourth-order valence-electron chi connectivity index (χ4n) is 3.58. The first-order valence-electron chi connectivity index (χ1n) is 13.0. The molecule has 14 nitrogen and oxygen atoms in total. The fourth-order valence-corrected chi connectivity index (χ4v) is 3.58. The summed E-state index contributed by atoms with van der Waals surface area (Å²) in [7, 11) is 2.71. The van der Waals surface area contributed by atoms with E-state index in [4.69, 9.17) is 18.9 Å². The van der Waals surface area contributed by atoms with Gasteiger partial charge in [0, 0.05) is 17.7 Å². The van der Waals surface area contributed by atoms with Crippen molar-refractivity contribution in [3.8, 4) is 11.5 Å². The normalized spacial score (nSPS) is 11.6. The number of hydrogen-bond donors (Lipinski definition) is 4. The number of carboxylic acids is 1. The lowest BCUT2D eigenvalue weighted by atomic mass is 10.1. The van der Waals surface area contributed by atoms with Gasteiger partial charge in [-0.1, -0.05) is 19.1 Å². The number of amides is 3. The van der Waals surface area contributed by atoms with E-state index in [1.54, 1.807) is 6.92 Å². The molecule has 0 unspecified atom stereocenters. The molecule has 0 aliphatic heterocycles. The highest BCUT2D eigenvalue weighted by molar-refractivity contribution is 5.99. The van der Waals surface area contributed by atoms with Crippen molar-refractivity contribution in [2.75, 3.05) is 19.5 Å². The zero-order valence-corrected chi connectivity index (χ0v) is 23.8. The van der Waals surface area contributed by atoms with Crippen LogP contribution in [0.3, 0.4) is 0 Å². The highest BCUT2D eigenvalue weighted by Crippen LogP contribution is 2.19. The molecule has 0 aromatic heterocycles. The Morgan fingerprint density at radius 2 is 1.23 bits per heavy atom. The number of carboxylic acid groups (broad SMARTS) is 1. The van der Waals surface area contributed by atoms with Gasteiger partial charge in [-0.05, 0) is 60.7 Å². The predicted molar refractivity (Wildman–Crippen MR) is 153 cm³/mol. The van der Waals surface area contributed by atoms with Crippen LogP contribution in [0, 0.1) is 0 Å². The summed E-state index contributed by atoms with van der Waals surface area (Å²) in [4.78, 5) is 75.4. The van der Waals surface area contributed by atoms with Gasteiger partial charge in [0.25, 0.3) is 11.8 Å². The number of carbonyl (C=O) groups excluding carboxylic acids is 5. The first kappa shape index (κ1) is 32.6. The molecular formula is C30H29N3O11. The lowest BCUT2D eigenvalue weighted by Gasteiger charge is -2.23. The van der Waals surface area contributed by atoms with Gasteiger partial charge in [0.15, 0.2) is 0 Å². The largest absolute Gasteiger partial charge is 0.497 e. The van der Waals surface area contributed by atoms with Crippen LogP contribution in [-0.4, -0.2) is 67.2 Å². The van der Waals surface area contributed by atoms with Crippen molar-refractivity contribution >= 4 is 41.3 Å². The average Bonchev–Trinajstić information content (AvgIpc) is 3.04. The Hall–Kier alpha value is -5.92. The Morgan fingerprint density at radius 3 is 1.70 bits per heavy atom. The first-order chi connectivity index (χ1) is 21.1. The molecule has 3 rings (SSSR count). The van der Waals surface area contributed by atoms with E-state index in [0.29, 0.717) is 5.69 Å². The number of hydrazine groups is 1. The highest BCUT2D eigenvalue weighted by Gasteiger charge is 2.41. The second-order valence-electron chi connectivity index (χ2n) is 8.88. The molecule has 3 aromatic carbocycles. The summed E-state index contributed by atoms with van der Waals surface area (Å²) in [6, 6.07) is 16.8. The number of benzene rings is 3. The fraction of sp³-hybridized carbons (Fsp3) is 0.200. The number of carbonyl (C=O) groups is 6. The van der Waals surface area contributed by atoms with Crippen molar-refractivity contribution in [2.24, 2.45) is 0 Å². The van der Waals surface area contributed by atoms with Gasteiger partial charge in [0.05, 0.1) is 25.3 Å². The Balaban J connectivity index is 1.83. The van der Waals surface area contributed by atoms with E-state index >= 15 is 0 Å². The summed E-state index contributed by atoms with van der Waals surface area (Å²) in [5.41, 5.74) is 4.36. The molecule has 44 heavy (non-hydrogen) atoms. The SMILES string of the molecule is CCC(=O)Nc1ccc(C(=O)NNC(=O)[C@@H](OC(=O)c2cccc(OC)c2)[C@@H](OC(=O)c2cccc(OC)c2)C(=O)O)cc1. The van der Waals surface area contributed by atoms with Crippen LogP contribution in [0.2, 0.25) is 0 Å². The van der Waals surface area contributed by atoms with E-state index in [-0.39, 0.29) is 40.5 Å². The van der Waals surface area contributed by atoms with Crippen LogP contribution in [-0.2, 0) is 23.9 Å². The van der Waals surface area contributed by atoms with Gasteiger partial charge in [-0.2, -0.15) is 0 Å². The zero-order chi connectivity index (χ0) is 32.2. The Morgan fingerprint density at radius 1 is 0.705 bits per heavy atom. The topological polar surface area (TPSA) is 196 Å². The van der Waals surface area contributed by atoms with Crippen molar-refractivity contribution in [1.82, 2.24) is 10.9 Å². The molecule has 14 heteroatoms. The minimum Gasteiger partial charge on any atom is -0.497 e. The lowest BCUT2D eigenvalue weighted by Crippen LogP contribution is -2.54. The summed E-state index contributed by atoms with van der Waals surface area (Å²) < 4.78 is 20.5. The van der Waals surface area contributed by atoms with Crippen LogP contribution in [0.25, 0.3) is 0 Å². The number of ether oxygens (including phenoxy) is 4. The molecule has 0 heterocycles. The van der Waals surface area contributed by atoms with E-state index in [2.05, 4.69) is 10.7 Å². The van der Waals surface area contributed by atoms with Crippen LogP contribution < -0.4 is 25.6 Å². The Bertz CT molecular complexity index is 1540. The zero-order valence-electron chi connectivity index (χ0n) is 23.8. The number of anilines is 1. The van der Waals surface area contributed by atoms with Crippen molar-refractivity contribution in [2.45, 2.75) is 25.6 Å². The highest BCUT2D eigenvalue weighted by atomic mass is 16.6. The van der Waals surface area contributed by atoms with E-state index in [9.17, 15) is 33.9 Å². The molecule has 0 saturated heterocycles. The third-order valence-corrected chi connectivity index (χ3v) is 5.91. The molecule has 0 spiro atoms. The summed E-state index contributed by atoms with van der Waals surface area (Å²) in [5.74, 6) is -5.98. The van der Waals surface area contributed by atoms with Gasteiger partial charge in [-0.15, -0.1) is 0 Å². The Labute approximate surface area is 251 Å². The number of aliphatic carboxylic acids is 1. The molecule has 0 fully saturated rings. The van der Waals surface area contributed by atoms with E-state index in [1.807, 2.05) is 5.43 Å². The minimum atomic E-state index is -2.35. The second-order valence-corrected chi connectivity index (χ2v) is 8.88. The van der Waals surface area contributed by atoms with Crippen molar-refractivity contribution in [3.63, 3.8) is 0 Å². The van der Waals surface area contributed by atoms with Crippen LogP contribution in [0.4, 0.5) is 5.69 Å². The van der Waals surface area contributed by atoms with E-state index < -0.39 is 41.9 Å². The maximum atomic E-state index is 13.2. The molecule has 0 saturated carbocycles. The average molecular weight is 608 g/mol. The molecule has 3 aromatic rings. The maximum Gasteiger partial charge on any atom is 0.349 e. The Kier molecular flexibility index (Phi) is 11.4. The molecule has 4 N–H and O–H groups in total. The predicted octanol–water partition coefficient (Wildman–Crippen LogP) is 2.35. The third kappa shape index (κ3) is 8.79. The number of hydrogen-bond acceptors (Lipinski definition) is 10. The second kappa shape index (κ2) is 15.3. The molecular weight excluding hydrogens is 578 g/mol. The smallest absolute Gasteiger partial charge is 0.349 e. The van der Waals surface area contributed by atoms with Gasteiger partial charge < -0.3 is 29.4 Å². The van der Waals surface area contributed by atoms with Crippen LogP contribution in [0.1, 0.15) is 44.4 Å². The number of rotatable bonds is 12. The molecule has 0 aliphatic carbocycles. The third-order valence-electron chi connectivity index (χ3n) is 5.91. The molecule has 0 radical (unpaired) electrons. The molecule has 230 valence electrons. The van der Waals surface area contributed by atoms with Crippen LogP contribution in [0.5, 0.6) is 11.5 Å². The molecule has 0 aliphatic rings.